The number of rotatable bonds is 2. The lowest BCUT2D eigenvalue weighted by Gasteiger charge is -1.80. The van der Waals surface area contributed by atoms with Crippen LogP contribution in [0.25, 0.3) is 0 Å². The van der Waals surface area contributed by atoms with Gasteiger partial charge in [-0.3, -0.25) is 10.1 Å². The van der Waals surface area contributed by atoms with Crippen LogP contribution < -0.4 is 0 Å². The predicted octanol–water partition coefficient (Wildman–Crippen LogP) is 2.36. The highest BCUT2D eigenvalue weighted by molar-refractivity contribution is 4.99. The fourth-order valence-electron chi connectivity index (χ4n) is 0.567. The zero-order valence-electron chi connectivity index (χ0n) is 7.14. The van der Waals surface area contributed by atoms with Gasteiger partial charge in [0.25, 0.3) is 0 Å². The molecule has 0 bridgehead atoms. The van der Waals surface area contributed by atoms with Crippen molar-refractivity contribution in [3.8, 4) is 0 Å². The van der Waals surface area contributed by atoms with Gasteiger partial charge in [-0.2, -0.15) is 0 Å². The van der Waals surface area contributed by atoms with E-state index in [9.17, 15) is 10.1 Å². The minimum absolute atomic E-state index is 0.0972. The fraction of sp³-hybridized carbons (Fsp3) is 0.333. The van der Waals surface area contributed by atoms with Crippen molar-refractivity contribution in [1.82, 2.24) is 0 Å². The molecule has 0 N–H and O–H groups in total. The molecule has 0 fully saturated rings. The zero-order chi connectivity index (χ0) is 9.23. The van der Waals surface area contributed by atoms with Crippen molar-refractivity contribution in [2.24, 2.45) is 0 Å². The third-order valence-electron chi connectivity index (χ3n) is 1.07. The van der Waals surface area contributed by atoms with Gasteiger partial charge >= 0.3 is 0 Å². The van der Waals surface area contributed by atoms with Crippen molar-refractivity contribution >= 4 is 0 Å². The molecule has 0 aliphatic rings. The molecule has 0 aliphatic heterocycles. The molecule has 0 saturated heterocycles. The van der Waals surface area contributed by atoms with Gasteiger partial charge in [-0.15, -0.1) is 0 Å². The van der Waals surface area contributed by atoms with Crippen molar-refractivity contribution in [3.63, 3.8) is 0 Å². The smallest absolute Gasteiger partial charge is 0.203 e. The van der Waals surface area contributed by atoms with Crippen LogP contribution in [-0.4, -0.2) is 11.5 Å². The van der Waals surface area contributed by atoms with Crippen LogP contribution in [0.2, 0.25) is 0 Å². The van der Waals surface area contributed by atoms with Crippen LogP contribution >= 0.6 is 0 Å². The Kier molecular flexibility index (Phi) is 6.84. The number of benzene rings is 1. The van der Waals surface area contributed by atoms with Crippen LogP contribution in [0.4, 0.5) is 0 Å². The predicted molar refractivity (Wildman–Crippen MR) is 48.6 cm³/mol. The minimum Gasteiger partial charge on any atom is -0.265 e. The maximum Gasteiger partial charge on any atom is 0.203 e. The summed E-state index contributed by atoms with van der Waals surface area (Å²) < 4.78 is 0. The lowest BCUT2D eigenvalue weighted by atomic mass is 10.4. The molecule has 0 unspecified atom stereocenters. The molecule has 0 heterocycles. The van der Waals surface area contributed by atoms with E-state index in [4.69, 9.17) is 0 Å². The van der Waals surface area contributed by atoms with Gasteiger partial charge in [-0.1, -0.05) is 43.3 Å². The van der Waals surface area contributed by atoms with Crippen LogP contribution in [0.1, 0.15) is 13.3 Å². The highest BCUT2D eigenvalue weighted by Crippen LogP contribution is 1.79. The summed E-state index contributed by atoms with van der Waals surface area (Å²) in [6.07, 6.45) is 0.632. The average molecular weight is 167 g/mol. The molecule has 0 amide bonds. The Balaban J connectivity index is 0.000000202. The molecule has 0 spiro atoms. The summed E-state index contributed by atoms with van der Waals surface area (Å²) in [6.45, 7) is 1.88. The number of hydrogen-bond donors (Lipinski definition) is 0. The molecule has 0 atom stereocenters. The summed E-state index contributed by atoms with van der Waals surface area (Å²) >= 11 is 0. The van der Waals surface area contributed by atoms with Gasteiger partial charge in [0.2, 0.25) is 6.54 Å². The average Bonchev–Trinajstić information content (AvgIpc) is 2.08. The first-order valence-corrected chi connectivity index (χ1v) is 3.89. The molecule has 1 aromatic rings. The Morgan fingerprint density at radius 3 is 1.50 bits per heavy atom. The summed E-state index contributed by atoms with van der Waals surface area (Å²) in [6, 6.07) is 12.0. The van der Waals surface area contributed by atoms with E-state index in [0.717, 1.165) is 0 Å². The Morgan fingerprint density at radius 1 is 1.08 bits per heavy atom. The van der Waals surface area contributed by atoms with E-state index < -0.39 is 0 Å². The highest BCUT2D eigenvalue weighted by Gasteiger charge is 1.85. The summed E-state index contributed by atoms with van der Waals surface area (Å²) in [5.74, 6) is 0. The van der Waals surface area contributed by atoms with E-state index in [2.05, 4.69) is 0 Å². The van der Waals surface area contributed by atoms with Gasteiger partial charge in [0.1, 0.15) is 0 Å². The van der Waals surface area contributed by atoms with Crippen molar-refractivity contribution < 1.29 is 4.92 Å². The van der Waals surface area contributed by atoms with Crippen LogP contribution in [0.5, 0.6) is 0 Å². The molecule has 3 nitrogen and oxygen atoms in total. The second-order valence-corrected chi connectivity index (χ2v) is 2.21. The molecule has 3 heteroatoms. The minimum atomic E-state index is -0.319. The second-order valence-electron chi connectivity index (χ2n) is 2.21. The van der Waals surface area contributed by atoms with Crippen molar-refractivity contribution in [2.45, 2.75) is 13.3 Å². The van der Waals surface area contributed by atoms with E-state index in [1.807, 2.05) is 36.4 Å². The molecule has 66 valence electrons. The Labute approximate surface area is 72.2 Å². The van der Waals surface area contributed by atoms with Gasteiger partial charge in [0.15, 0.2) is 0 Å². The monoisotopic (exact) mass is 167 g/mol. The number of nitrogens with zero attached hydrogens (tertiary/aromatic N) is 1. The lowest BCUT2D eigenvalue weighted by Crippen LogP contribution is -1.96. The normalized spacial score (nSPS) is 8.08. The topological polar surface area (TPSA) is 43.1 Å². The van der Waals surface area contributed by atoms with Crippen LogP contribution in [0.15, 0.2) is 36.4 Å². The summed E-state index contributed by atoms with van der Waals surface area (Å²) in [5.41, 5.74) is 0. The van der Waals surface area contributed by atoms with E-state index in [1.165, 1.54) is 0 Å². The first-order chi connectivity index (χ1) is 5.77. The Bertz CT molecular complexity index is 172. The van der Waals surface area contributed by atoms with Crippen molar-refractivity contribution in [3.05, 3.63) is 46.5 Å². The molecule has 12 heavy (non-hydrogen) atoms. The zero-order valence-corrected chi connectivity index (χ0v) is 7.14. The number of nitro groups is 1. The third-order valence-corrected chi connectivity index (χ3v) is 1.07. The first-order valence-electron chi connectivity index (χ1n) is 3.89. The van der Waals surface area contributed by atoms with Gasteiger partial charge < -0.3 is 0 Å². The van der Waals surface area contributed by atoms with E-state index in [1.54, 1.807) is 6.92 Å². The van der Waals surface area contributed by atoms with Gasteiger partial charge in [0, 0.05) is 11.3 Å². The molecule has 1 aromatic carbocycles. The summed E-state index contributed by atoms with van der Waals surface area (Å²) in [7, 11) is 0. The molecular weight excluding hydrogens is 154 g/mol. The Morgan fingerprint density at radius 2 is 1.42 bits per heavy atom. The fourth-order valence-corrected chi connectivity index (χ4v) is 0.567. The van der Waals surface area contributed by atoms with E-state index in [0.29, 0.717) is 6.42 Å². The second kappa shape index (κ2) is 7.72. The maximum atomic E-state index is 9.40. The van der Waals surface area contributed by atoms with Crippen molar-refractivity contribution in [2.75, 3.05) is 6.54 Å². The largest absolute Gasteiger partial charge is 0.265 e. The molecule has 0 saturated carbocycles. The SMILES string of the molecule is CCC[N+](=O)[O-].c1ccccc1. The van der Waals surface area contributed by atoms with Crippen molar-refractivity contribution in [1.29, 1.82) is 0 Å². The first kappa shape index (κ1) is 10.6. The summed E-state index contributed by atoms with van der Waals surface area (Å²) in [5, 5.41) is 9.40. The van der Waals surface area contributed by atoms with Gasteiger partial charge in [0.05, 0.1) is 0 Å². The lowest BCUT2D eigenvalue weighted by molar-refractivity contribution is -0.479. The quantitative estimate of drug-likeness (QED) is 0.501. The molecule has 1 rings (SSSR count). The summed E-state index contributed by atoms with van der Waals surface area (Å²) in [4.78, 5) is 9.09. The third kappa shape index (κ3) is 8.62. The molecular formula is C9H13NO2. The molecule has 0 radical (unpaired) electrons. The van der Waals surface area contributed by atoms with Crippen LogP contribution in [-0.2, 0) is 0 Å². The van der Waals surface area contributed by atoms with Gasteiger partial charge in [-0.05, 0) is 0 Å². The molecule has 0 aromatic heterocycles. The highest BCUT2D eigenvalue weighted by atomic mass is 16.6. The van der Waals surface area contributed by atoms with E-state index >= 15 is 0 Å². The Hall–Kier alpha value is -1.38. The molecule has 0 aliphatic carbocycles. The maximum absolute atomic E-state index is 9.40. The van der Waals surface area contributed by atoms with E-state index in [-0.39, 0.29) is 11.5 Å². The number of hydrogen-bond acceptors (Lipinski definition) is 2. The van der Waals surface area contributed by atoms with Crippen LogP contribution in [0.3, 0.4) is 0 Å². The standard InChI is InChI=1S/C6H6.C3H7NO2/c1-2-4-6-5-3-1;1-2-3-4(5)6/h1-6H;2-3H2,1H3. The van der Waals surface area contributed by atoms with Crippen LogP contribution in [0, 0.1) is 10.1 Å². The van der Waals surface area contributed by atoms with Gasteiger partial charge in [-0.25, -0.2) is 0 Å².